The van der Waals surface area contributed by atoms with Gasteiger partial charge in [-0.15, -0.1) is 10.2 Å². The summed E-state index contributed by atoms with van der Waals surface area (Å²) in [7, 11) is 0. The van der Waals surface area contributed by atoms with E-state index >= 15 is 0 Å². The predicted molar refractivity (Wildman–Crippen MR) is 171 cm³/mol. The molecule has 42 heavy (non-hydrogen) atoms. The number of morpholine rings is 1. The van der Waals surface area contributed by atoms with E-state index in [2.05, 4.69) is 109 Å². The SMILES string of the molecule is S=C(NCCCN1CCOCC1)N(Cc1ccc(-c2ccccc2-c2nn[nH]n2)cc1)Cc1ccc2ccccc2c1. The number of H-pyrrole nitrogens is 1. The van der Waals surface area contributed by atoms with E-state index in [1.807, 2.05) is 18.2 Å². The van der Waals surface area contributed by atoms with E-state index in [-0.39, 0.29) is 0 Å². The maximum atomic E-state index is 5.96. The molecule has 0 unspecified atom stereocenters. The van der Waals surface area contributed by atoms with Gasteiger partial charge in [0.2, 0.25) is 5.82 Å². The number of fused-ring (bicyclic) bond motifs is 1. The van der Waals surface area contributed by atoms with Gasteiger partial charge in [0, 0.05) is 38.3 Å². The Morgan fingerprint density at radius 1 is 0.857 bits per heavy atom. The molecular formula is C33H35N7OS. The average Bonchev–Trinajstić information content (AvgIpc) is 3.59. The van der Waals surface area contributed by atoms with Gasteiger partial charge in [-0.1, -0.05) is 84.9 Å². The van der Waals surface area contributed by atoms with Gasteiger partial charge in [0.1, 0.15) is 0 Å². The van der Waals surface area contributed by atoms with Crippen molar-refractivity contribution >= 4 is 28.1 Å². The Morgan fingerprint density at radius 2 is 1.57 bits per heavy atom. The third-order valence-electron chi connectivity index (χ3n) is 7.66. The van der Waals surface area contributed by atoms with E-state index in [1.54, 1.807) is 0 Å². The zero-order chi connectivity index (χ0) is 28.6. The largest absolute Gasteiger partial charge is 0.379 e. The van der Waals surface area contributed by atoms with E-state index in [4.69, 9.17) is 17.0 Å². The van der Waals surface area contributed by atoms with Gasteiger partial charge in [-0.3, -0.25) is 4.90 Å². The fourth-order valence-electron chi connectivity index (χ4n) is 5.41. The summed E-state index contributed by atoms with van der Waals surface area (Å²) in [5, 5.41) is 21.4. The molecule has 1 aliphatic rings. The van der Waals surface area contributed by atoms with Crippen LogP contribution in [0, 0.1) is 0 Å². The standard InChI is InChI=1S/C33H35N7OS/c42-33(34-16-5-17-39-18-20-41-21-19-39)40(24-26-12-13-27-6-1-2-7-29(27)22-26)23-25-10-14-28(15-11-25)30-8-3-4-9-31(30)32-35-37-38-36-32/h1-4,6-15,22H,5,16-21,23-24H2,(H,34,42)(H,35,36,37,38). The maximum Gasteiger partial charge on any atom is 0.205 e. The van der Waals surface area contributed by atoms with Crippen molar-refractivity contribution in [3.05, 3.63) is 102 Å². The van der Waals surface area contributed by atoms with Gasteiger partial charge in [0.15, 0.2) is 5.11 Å². The first kappa shape index (κ1) is 28.0. The van der Waals surface area contributed by atoms with Crippen LogP contribution >= 0.6 is 12.2 Å². The number of benzene rings is 4. The molecule has 0 radical (unpaired) electrons. The number of hydrogen-bond donors (Lipinski definition) is 2. The van der Waals surface area contributed by atoms with Crippen LogP contribution < -0.4 is 5.32 Å². The van der Waals surface area contributed by atoms with Gasteiger partial charge in [0.25, 0.3) is 0 Å². The van der Waals surface area contributed by atoms with Gasteiger partial charge in [0.05, 0.1) is 13.2 Å². The second-order valence-corrected chi connectivity index (χ2v) is 10.9. The Labute approximate surface area is 251 Å². The van der Waals surface area contributed by atoms with Crippen molar-refractivity contribution in [1.29, 1.82) is 0 Å². The molecule has 0 aliphatic carbocycles. The number of aromatic amines is 1. The molecule has 1 saturated heterocycles. The molecule has 214 valence electrons. The summed E-state index contributed by atoms with van der Waals surface area (Å²) in [6, 6.07) is 31.9. The van der Waals surface area contributed by atoms with Gasteiger partial charge in [-0.25, -0.2) is 0 Å². The van der Waals surface area contributed by atoms with Gasteiger partial charge < -0.3 is 15.0 Å². The lowest BCUT2D eigenvalue weighted by atomic mass is 9.98. The van der Waals surface area contributed by atoms with Crippen molar-refractivity contribution in [1.82, 2.24) is 35.7 Å². The van der Waals surface area contributed by atoms with Crippen molar-refractivity contribution < 1.29 is 4.74 Å². The number of ether oxygens (including phenoxy) is 1. The number of aromatic nitrogens is 4. The number of hydrogen-bond acceptors (Lipinski definition) is 6. The molecule has 0 bridgehead atoms. The molecule has 1 aromatic heterocycles. The molecule has 0 atom stereocenters. The van der Waals surface area contributed by atoms with Crippen molar-refractivity contribution in [2.45, 2.75) is 19.5 Å². The highest BCUT2D eigenvalue weighted by Crippen LogP contribution is 2.30. The Kier molecular flexibility index (Phi) is 9.09. The Hall–Kier alpha value is -4.18. The lowest BCUT2D eigenvalue weighted by Gasteiger charge is -2.28. The molecule has 2 heterocycles. The van der Waals surface area contributed by atoms with Crippen LogP contribution in [0.2, 0.25) is 0 Å². The summed E-state index contributed by atoms with van der Waals surface area (Å²) in [5.74, 6) is 0.585. The highest BCUT2D eigenvalue weighted by molar-refractivity contribution is 7.80. The van der Waals surface area contributed by atoms with E-state index in [0.717, 1.165) is 74.2 Å². The minimum atomic E-state index is 0.585. The van der Waals surface area contributed by atoms with Crippen LogP contribution in [0.25, 0.3) is 33.3 Å². The zero-order valence-electron chi connectivity index (χ0n) is 23.6. The van der Waals surface area contributed by atoms with Crippen molar-refractivity contribution in [2.24, 2.45) is 0 Å². The molecule has 2 N–H and O–H groups in total. The van der Waals surface area contributed by atoms with E-state index in [9.17, 15) is 0 Å². The first-order valence-corrected chi connectivity index (χ1v) is 14.9. The van der Waals surface area contributed by atoms with Gasteiger partial charge in [-0.05, 0) is 69.5 Å². The molecule has 9 heteroatoms. The second kappa shape index (κ2) is 13.7. The van der Waals surface area contributed by atoms with Crippen LogP contribution in [0.15, 0.2) is 91.0 Å². The second-order valence-electron chi connectivity index (χ2n) is 10.6. The first-order chi connectivity index (χ1) is 20.7. The molecule has 1 fully saturated rings. The van der Waals surface area contributed by atoms with E-state index in [1.165, 1.54) is 21.9 Å². The number of nitrogens with zero attached hydrogens (tertiary/aromatic N) is 5. The Bertz CT molecular complexity index is 1600. The molecule has 8 nitrogen and oxygen atoms in total. The number of tetrazole rings is 1. The summed E-state index contributed by atoms with van der Waals surface area (Å²) < 4.78 is 5.48. The molecule has 4 aromatic carbocycles. The summed E-state index contributed by atoms with van der Waals surface area (Å²) in [6.45, 7) is 6.99. The highest BCUT2D eigenvalue weighted by atomic mass is 32.1. The van der Waals surface area contributed by atoms with Crippen LogP contribution in [-0.4, -0.2) is 74.9 Å². The quantitative estimate of drug-likeness (QED) is 0.171. The minimum absolute atomic E-state index is 0.585. The van der Waals surface area contributed by atoms with Crippen molar-refractivity contribution in [3.8, 4) is 22.5 Å². The van der Waals surface area contributed by atoms with Crippen LogP contribution in [0.4, 0.5) is 0 Å². The topological polar surface area (TPSA) is 82.2 Å². The van der Waals surface area contributed by atoms with Crippen molar-refractivity contribution in [3.63, 3.8) is 0 Å². The summed E-state index contributed by atoms with van der Waals surface area (Å²) >= 11 is 5.96. The Morgan fingerprint density at radius 3 is 2.36 bits per heavy atom. The van der Waals surface area contributed by atoms with E-state index < -0.39 is 0 Å². The molecular weight excluding hydrogens is 542 g/mol. The molecule has 0 amide bonds. The summed E-state index contributed by atoms with van der Waals surface area (Å²) in [4.78, 5) is 4.72. The highest BCUT2D eigenvalue weighted by Gasteiger charge is 2.15. The Balaban J connectivity index is 1.17. The van der Waals surface area contributed by atoms with Crippen LogP contribution in [0.5, 0.6) is 0 Å². The summed E-state index contributed by atoms with van der Waals surface area (Å²) in [6.07, 6.45) is 1.04. The molecule has 0 saturated carbocycles. The van der Waals surface area contributed by atoms with Crippen LogP contribution in [0.3, 0.4) is 0 Å². The monoisotopic (exact) mass is 577 g/mol. The lowest BCUT2D eigenvalue weighted by Crippen LogP contribution is -2.41. The first-order valence-electron chi connectivity index (χ1n) is 14.5. The molecule has 5 aromatic rings. The van der Waals surface area contributed by atoms with Gasteiger partial charge in [-0.2, -0.15) is 5.21 Å². The van der Waals surface area contributed by atoms with E-state index in [0.29, 0.717) is 12.4 Å². The number of rotatable bonds is 10. The smallest absolute Gasteiger partial charge is 0.205 e. The molecule has 1 aliphatic heterocycles. The maximum absolute atomic E-state index is 5.96. The fourth-order valence-corrected chi connectivity index (χ4v) is 5.64. The average molecular weight is 578 g/mol. The van der Waals surface area contributed by atoms with Crippen LogP contribution in [-0.2, 0) is 17.8 Å². The third-order valence-corrected chi connectivity index (χ3v) is 8.06. The minimum Gasteiger partial charge on any atom is -0.379 e. The van der Waals surface area contributed by atoms with Gasteiger partial charge >= 0.3 is 0 Å². The normalized spacial score (nSPS) is 13.7. The number of thiocarbonyl (C=S) groups is 1. The van der Waals surface area contributed by atoms with Crippen molar-refractivity contribution in [2.75, 3.05) is 39.4 Å². The van der Waals surface area contributed by atoms with Crippen LogP contribution in [0.1, 0.15) is 17.5 Å². The predicted octanol–water partition coefficient (Wildman–Crippen LogP) is 5.29. The zero-order valence-corrected chi connectivity index (χ0v) is 24.4. The fraction of sp³-hybridized carbons (Fsp3) is 0.273. The molecule has 0 spiro atoms. The third kappa shape index (κ3) is 6.99. The molecule has 6 rings (SSSR count). The number of nitrogens with one attached hydrogen (secondary N) is 2. The lowest BCUT2D eigenvalue weighted by molar-refractivity contribution is 0.0376. The summed E-state index contributed by atoms with van der Waals surface area (Å²) in [5.41, 5.74) is 5.53.